The molecule has 140 valence electrons. The minimum atomic E-state index is 0.289. The van der Waals surface area contributed by atoms with Crippen molar-refractivity contribution in [1.29, 1.82) is 0 Å². The van der Waals surface area contributed by atoms with Gasteiger partial charge in [0.05, 0.1) is 13.2 Å². The molecule has 0 spiro atoms. The van der Waals surface area contributed by atoms with Crippen molar-refractivity contribution in [2.45, 2.75) is 12.3 Å². The molecule has 1 heterocycles. The van der Waals surface area contributed by atoms with E-state index in [-0.39, 0.29) is 5.92 Å². The first-order valence-electron chi connectivity index (χ1n) is 10.0. The van der Waals surface area contributed by atoms with E-state index in [9.17, 15) is 0 Å². The second-order valence-corrected chi connectivity index (χ2v) is 7.27. The van der Waals surface area contributed by atoms with Gasteiger partial charge in [-0.25, -0.2) is 0 Å². The zero-order valence-electron chi connectivity index (χ0n) is 16.1. The van der Waals surface area contributed by atoms with E-state index in [0.29, 0.717) is 5.92 Å². The van der Waals surface area contributed by atoms with Crippen molar-refractivity contribution < 1.29 is 4.74 Å². The maximum atomic E-state index is 5.93. The van der Waals surface area contributed by atoms with Crippen molar-refractivity contribution in [2.75, 3.05) is 13.2 Å². The largest absolute Gasteiger partial charge is 0.380 e. The number of hydrogen-bond donors (Lipinski definition) is 0. The van der Waals surface area contributed by atoms with Crippen LogP contribution in [-0.4, -0.2) is 13.2 Å². The van der Waals surface area contributed by atoms with E-state index < -0.39 is 0 Å². The van der Waals surface area contributed by atoms with Gasteiger partial charge in [-0.3, -0.25) is 0 Å². The fourth-order valence-electron chi connectivity index (χ4n) is 3.90. The Morgan fingerprint density at radius 1 is 0.750 bits per heavy atom. The van der Waals surface area contributed by atoms with Gasteiger partial charge in [-0.05, 0) is 23.1 Å². The van der Waals surface area contributed by atoms with E-state index >= 15 is 0 Å². The Balaban J connectivity index is 1.69. The Bertz CT molecular complexity index is 910. The number of allylic oxidation sites excluding steroid dienone is 1. The van der Waals surface area contributed by atoms with Gasteiger partial charge in [-0.2, -0.15) is 0 Å². The molecule has 0 N–H and O–H groups in total. The van der Waals surface area contributed by atoms with Gasteiger partial charge in [0, 0.05) is 11.8 Å². The molecule has 3 aromatic rings. The minimum absolute atomic E-state index is 0.289. The molecule has 28 heavy (non-hydrogen) atoms. The van der Waals surface area contributed by atoms with Crippen molar-refractivity contribution in [3.63, 3.8) is 0 Å². The second-order valence-electron chi connectivity index (χ2n) is 7.27. The molecule has 1 nitrogen and oxygen atoms in total. The zero-order chi connectivity index (χ0) is 19.0. The molecule has 2 atom stereocenters. The maximum absolute atomic E-state index is 5.93. The first kappa shape index (κ1) is 18.5. The average Bonchev–Trinajstić information content (AvgIpc) is 2.77. The molecule has 1 aliphatic heterocycles. The zero-order valence-corrected chi connectivity index (χ0v) is 16.1. The smallest absolute Gasteiger partial charge is 0.0540 e. The normalized spacial score (nSPS) is 19.7. The van der Waals surface area contributed by atoms with E-state index in [0.717, 1.165) is 19.6 Å². The molecule has 4 rings (SSSR count). The third-order valence-corrected chi connectivity index (χ3v) is 5.37. The van der Waals surface area contributed by atoms with Crippen molar-refractivity contribution in [2.24, 2.45) is 5.92 Å². The monoisotopic (exact) mass is 366 g/mol. The molecular formula is C27H26O. The van der Waals surface area contributed by atoms with Gasteiger partial charge in [-0.15, -0.1) is 0 Å². The van der Waals surface area contributed by atoms with Crippen LogP contribution in [0.15, 0.2) is 103 Å². The van der Waals surface area contributed by atoms with Crippen molar-refractivity contribution in [3.05, 3.63) is 119 Å². The summed E-state index contributed by atoms with van der Waals surface area (Å²) in [5, 5.41) is 0. The molecule has 1 fully saturated rings. The van der Waals surface area contributed by atoms with E-state index in [2.05, 4.69) is 109 Å². The van der Waals surface area contributed by atoms with Gasteiger partial charge in [0.2, 0.25) is 0 Å². The van der Waals surface area contributed by atoms with Crippen LogP contribution in [0.2, 0.25) is 0 Å². The number of ether oxygens (including phenoxy) is 1. The SMILES string of the molecule is C(=C\C(c1ccccc1)C1COCC/C1=C\c1ccccc1)/c1ccccc1. The second kappa shape index (κ2) is 9.34. The molecule has 0 aliphatic carbocycles. The van der Waals surface area contributed by atoms with Crippen LogP contribution in [0, 0.1) is 5.92 Å². The van der Waals surface area contributed by atoms with Crippen LogP contribution in [0.5, 0.6) is 0 Å². The van der Waals surface area contributed by atoms with Crippen LogP contribution in [-0.2, 0) is 4.74 Å². The summed E-state index contributed by atoms with van der Waals surface area (Å²) >= 11 is 0. The molecule has 0 radical (unpaired) electrons. The molecule has 0 aromatic heterocycles. The van der Waals surface area contributed by atoms with Crippen LogP contribution < -0.4 is 0 Å². The van der Waals surface area contributed by atoms with Crippen molar-refractivity contribution in [3.8, 4) is 0 Å². The summed E-state index contributed by atoms with van der Waals surface area (Å²) < 4.78 is 5.93. The lowest BCUT2D eigenvalue weighted by atomic mass is 9.78. The number of hydrogen-bond acceptors (Lipinski definition) is 1. The highest BCUT2D eigenvalue weighted by Gasteiger charge is 2.27. The summed E-state index contributed by atoms with van der Waals surface area (Å²) in [6.45, 7) is 1.57. The van der Waals surface area contributed by atoms with Crippen LogP contribution in [0.1, 0.15) is 29.0 Å². The summed E-state index contributed by atoms with van der Waals surface area (Å²) in [6, 6.07) is 32.0. The maximum Gasteiger partial charge on any atom is 0.0540 e. The molecule has 1 aliphatic rings. The Hall–Kier alpha value is -2.90. The Labute approximate surface area is 168 Å². The Morgan fingerprint density at radius 2 is 1.36 bits per heavy atom. The molecule has 3 aromatic carbocycles. The molecule has 1 heteroatoms. The van der Waals surface area contributed by atoms with Crippen molar-refractivity contribution in [1.82, 2.24) is 0 Å². The minimum Gasteiger partial charge on any atom is -0.380 e. The molecule has 0 bridgehead atoms. The van der Waals surface area contributed by atoms with Gasteiger partial charge in [0.25, 0.3) is 0 Å². The van der Waals surface area contributed by atoms with Crippen LogP contribution in [0.4, 0.5) is 0 Å². The highest BCUT2D eigenvalue weighted by Crippen LogP contribution is 2.37. The van der Waals surface area contributed by atoms with Gasteiger partial charge >= 0.3 is 0 Å². The summed E-state index contributed by atoms with van der Waals surface area (Å²) in [4.78, 5) is 0. The lowest BCUT2D eigenvalue weighted by Gasteiger charge is -2.32. The number of benzene rings is 3. The van der Waals surface area contributed by atoms with Gasteiger partial charge < -0.3 is 4.74 Å². The lowest BCUT2D eigenvalue weighted by Crippen LogP contribution is -2.25. The predicted molar refractivity (Wildman–Crippen MR) is 118 cm³/mol. The lowest BCUT2D eigenvalue weighted by molar-refractivity contribution is 0.0806. The third-order valence-electron chi connectivity index (χ3n) is 5.37. The fraction of sp³-hybridized carbons (Fsp3) is 0.185. The Kier molecular flexibility index (Phi) is 6.16. The molecule has 0 saturated carbocycles. The molecule has 2 unspecified atom stereocenters. The topological polar surface area (TPSA) is 9.23 Å². The van der Waals surface area contributed by atoms with E-state index in [1.807, 2.05) is 0 Å². The fourth-order valence-corrected chi connectivity index (χ4v) is 3.90. The van der Waals surface area contributed by atoms with E-state index in [1.54, 1.807) is 0 Å². The highest BCUT2D eigenvalue weighted by molar-refractivity contribution is 5.56. The third kappa shape index (κ3) is 4.68. The Morgan fingerprint density at radius 3 is 2.04 bits per heavy atom. The summed E-state index contributed by atoms with van der Waals surface area (Å²) in [5.74, 6) is 0.632. The standard InChI is InChI=1S/C27H26O/c1-4-10-22(11-5-1)16-17-26(24-14-8-3-9-15-24)27-21-28-19-18-25(27)20-23-12-6-2-7-13-23/h1-17,20,26-27H,18-19,21H2/b17-16+,25-20+. The average molecular weight is 367 g/mol. The van der Waals surface area contributed by atoms with Gasteiger partial charge in [-0.1, -0.05) is 115 Å². The summed E-state index contributed by atoms with van der Waals surface area (Å²) in [5.41, 5.74) is 5.31. The van der Waals surface area contributed by atoms with Crippen LogP contribution in [0.25, 0.3) is 12.2 Å². The van der Waals surface area contributed by atoms with E-state index in [1.165, 1.54) is 22.3 Å². The quantitative estimate of drug-likeness (QED) is 0.494. The van der Waals surface area contributed by atoms with Crippen molar-refractivity contribution >= 4 is 12.2 Å². The van der Waals surface area contributed by atoms with E-state index in [4.69, 9.17) is 4.74 Å². The van der Waals surface area contributed by atoms with Gasteiger partial charge in [0.15, 0.2) is 0 Å². The van der Waals surface area contributed by atoms with Crippen LogP contribution >= 0.6 is 0 Å². The highest BCUT2D eigenvalue weighted by atomic mass is 16.5. The first-order valence-corrected chi connectivity index (χ1v) is 10.0. The molecule has 0 amide bonds. The first-order chi connectivity index (χ1) is 13.9. The summed E-state index contributed by atoms with van der Waals surface area (Å²) in [6.07, 6.45) is 7.94. The predicted octanol–water partition coefficient (Wildman–Crippen LogP) is 6.60. The molecular weight excluding hydrogens is 340 g/mol. The summed E-state index contributed by atoms with van der Waals surface area (Å²) in [7, 11) is 0. The van der Waals surface area contributed by atoms with Gasteiger partial charge in [0.1, 0.15) is 0 Å². The molecule has 1 saturated heterocycles. The van der Waals surface area contributed by atoms with Crippen LogP contribution in [0.3, 0.4) is 0 Å². The number of rotatable bonds is 5.